The van der Waals surface area contributed by atoms with Crippen molar-refractivity contribution in [2.24, 2.45) is 0 Å². The summed E-state index contributed by atoms with van der Waals surface area (Å²) in [5.41, 5.74) is 4.51. The number of nitrogens with zero attached hydrogens (tertiary/aromatic N) is 3. The fourth-order valence-electron chi connectivity index (χ4n) is 3.55. The molecule has 0 spiro atoms. The van der Waals surface area contributed by atoms with E-state index in [0.717, 1.165) is 32.8 Å². The van der Waals surface area contributed by atoms with E-state index in [1.54, 1.807) is 0 Å². The summed E-state index contributed by atoms with van der Waals surface area (Å²) in [6.07, 6.45) is -0.495. The Balaban J connectivity index is 1.51. The molecule has 0 fully saturated rings. The number of hydrogen-bond donors (Lipinski definition) is 1. The maximum atomic E-state index is 6.41. The van der Waals surface area contributed by atoms with Gasteiger partial charge >= 0.3 is 0 Å². The number of anilines is 1. The van der Waals surface area contributed by atoms with Crippen LogP contribution in [-0.4, -0.2) is 21.8 Å². The number of hydrogen-bond acceptors (Lipinski definition) is 7. The highest BCUT2D eigenvalue weighted by Crippen LogP contribution is 2.41. The molecule has 1 aliphatic rings. The molecule has 1 atom stereocenters. The second-order valence-corrected chi connectivity index (χ2v) is 9.12. The van der Waals surface area contributed by atoms with Crippen LogP contribution in [0.5, 0.6) is 11.6 Å². The second kappa shape index (κ2) is 9.80. The van der Waals surface area contributed by atoms with E-state index in [1.165, 1.54) is 17.3 Å². The first-order valence-corrected chi connectivity index (χ1v) is 12.4. The van der Waals surface area contributed by atoms with Gasteiger partial charge in [0.2, 0.25) is 11.0 Å². The lowest BCUT2D eigenvalue weighted by atomic mass is 10.1. The van der Waals surface area contributed by atoms with Gasteiger partial charge in [-0.1, -0.05) is 76.2 Å². The first kappa shape index (κ1) is 21.7. The zero-order valence-electron chi connectivity index (χ0n) is 17.9. The average molecular weight is 521 g/mol. The van der Waals surface area contributed by atoms with Gasteiger partial charge in [0, 0.05) is 27.0 Å². The number of thioether (sulfide) groups is 1. The number of benzene rings is 3. The normalized spacial score (nSPS) is 14.3. The lowest BCUT2D eigenvalue weighted by molar-refractivity contribution is 0.223. The third-order valence-electron chi connectivity index (χ3n) is 5.11. The Labute approximate surface area is 204 Å². The standard InChI is InChI=1S/C25H21BrN4O2S/c1-2-31-17-12-13-20(26)19(14-17)23-27-21-11-7-6-10-18(21)22-24(32-23)28-25(30-29-22)33-15-16-8-4-3-5-9-16/h3-14,23,27H,2,15H2,1H3. The predicted molar refractivity (Wildman–Crippen MR) is 134 cm³/mol. The zero-order valence-corrected chi connectivity index (χ0v) is 20.3. The maximum absolute atomic E-state index is 6.41. The van der Waals surface area contributed by atoms with Gasteiger partial charge in [0.25, 0.3) is 0 Å². The first-order chi connectivity index (χ1) is 16.2. The molecule has 1 N–H and O–H groups in total. The molecule has 1 aliphatic heterocycles. The molecule has 0 amide bonds. The molecule has 1 aromatic heterocycles. The van der Waals surface area contributed by atoms with Crippen molar-refractivity contribution in [3.8, 4) is 22.9 Å². The van der Waals surface area contributed by atoms with Crippen LogP contribution in [0, 0.1) is 0 Å². The summed E-state index contributed by atoms with van der Waals surface area (Å²) in [4.78, 5) is 4.73. The van der Waals surface area contributed by atoms with Gasteiger partial charge < -0.3 is 14.8 Å². The summed E-state index contributed by atoms with van der Waals surface area (Å²) in [5, 5.41) is 12.9. The fraction of sp³-hybridized carbons (Fsp3) is 0.160. The molecular formula is C25H21BrN4O2S. The van der Waals surface area contributed by atoms with Crippen LogP contribution in [0.25, 0.3) is 11.3 Å². The number of halogens is 1. The van der Waals surface area contributed by atoms with Crippen molar-refractivity contribution in [3.63, 3.8) is 0 Å². The van der Waals surface area contributed by atoms with E-state index in [-0.39, 0.29) is 0 Å². The Morgan fingerprint density at radius 2 is 1.85 bits per heavy atom. The van der Waals surface area contributed by atoms with Gasteiger partial charge in [-0.2, -0.15) is 4.98 Å². The van der Waals surface area contributed by atoms with E-state index in [9.17, 15) is 0 Å². The summed E-state index contributed by atoms with van der Waals surface area (Å²) in [7, 11) is 0. The molecule has 3 aromatic carbocycles. The highest BCUT2D eigenvalue weighted by atomic mass is 79.9. The third kappa shape index (κ3) is 4.82. The van der Waals surface area contributed by atoms with Crippen molar-refractivity contribution >= 4 is 33.4 Å². The van der Waals surface area contributed by atoms with E-state index in [2.05, 4.69) is 43.6 Å². The summed E-state index contributed by atoms with van der Waals surface area (Å²) in [5.74, 6) is 1.97. The zero-order chi connectivity index (χ0) is 22.6. The van der Waals surface area contributed by atoms with Crippen LogP contribution in [0.15, 0.2) is 82.4 Å². The molecule has 1 unspecified atom stereocenters. The Bertz CT molecular complexity index is 1270. The van der Waals surface area contributed by atoms with Crippen LogP contribution in [0.1, 0.15) is 24.3 Å². The van der Waals surface area contributed by atoms with Crippen LogP contribution in [0.2, 0.25) is 0 Å². The molecule has 0 bridgehead atoms. The van der Waals surface area contributed by atoms with Crippen molar-refractivity contribution in [1.82, 2.24) is 15.2 Å². The van der Waals surface area contributed by atoms with E-state index in [4.69, 9.17) is 14.5 Å². The van der Waals surface area contributed by atoms with Gasteiger partial charge in [0.1, 0.15) is 5.75 Å². The molecule has 33 heavy (non-hydrogen) atoms. The largest absolute Gasteiger partial charge is 0.494 e. The van der Waals surface area contributed by atoms with Crippen molar-refractivity contribution in [2.75, 3.05) is 11.9 Å². The van der Waals surface area contributed by atoms with Gasteiger partial charge in [-0.15, -0.1) is 10.2 Å². The van der Waals surface area contributed by atoms with Crippen LogP contribution in [0.4, 0.5) is 5.69 Å². The van der Waals surface area contributed by atoms with Crippen molar-refractivity contribution in [2.45, 2.75) is 24.1 Å². The van der Waals surface area contributed by atoms with E-state index < -0.39 is 6.23 Å². The number of ether oxygens (including phenoxy) is 2. The van der Waals surface area contributed by atoms with Gasteiger partial charge in [0.05, 0.1) is 6.61 Å². The lowest BCUT2D eigenvalue weighted by Crippen LogP contribution is -2.18. The summed E-state index contributed by atoms with van der Waals surface area (Å²) < 4.78 is 13.0. The SMILES string of the molecule is CCOc1ccc(Br)c(C2Nc3ccccc3-c3nnc(SCc4ccccc4)nc3O2)c1. The quantitative estimate of drug-likeness (QED) is 0.291. The fourth-order valence-corrected chi connectivity index (χ4v) is 4.74. The van der Waals surface area contributed by atoms with Crippen molar-refractivity contribution < 1.29 is 9.47 Å². The van der Waals surface area contributed by atoms with Gasteiger partial charge in [0.15, 0.2) is 11.9 Å². The Morgan fingerprint density at radius 3 is 2.70 bits per heavy atom. The molecule has 0 saturated heterocycles. The van der Waals surface area contributed by atoms with Gasteiger partial charge in [-0.25, -0.2) is 0 Å². The van der Waals surface area contributed by atoms with E-state index >= 15 is 0 Å². The van der Waals surface area contributed by atoms with Crippen LogP contribution in [0.3, 0.4) is 0 Å². The van der Waals surface area contributed by atoms with Crippen LogP contribution < -0.4 is 14.8 Å². The molecule has 8 heteroatoms. The molecule has 5 rings (SSSR count). The topological polar surface area (TPSA) is 69.2 Å². The number of nitrogens with one attached hydrogen (secondary N) is 1. The Kier molecular flexibility index (Phi) is 6.46. The van der Waals surface area contributed by atoms with Crippen molar-refractivity contribution in [1.29, 1.82) is 0 Å². The number of aromatic nitrogens is 3. The third-order valence-corrected chi connectivity index (χ3v) is 6.74. The molecule has 4 aromatic rings. The minimum Gasteiger partial charge on any atom is -0.494 e. The molecule has 6 nitrogen and oxygen atoms in total. The van der Waals surface area contributed by atoms with Crippen LogP contribution in [-0.2, 0) is 5.75 Å². The van der Waals surface area contributed by atoms with E-state index in [1.807, 2.05) is 67.6 Å². The second-order valence-electron chi connectivity index (χ2n) is 7.33. The maximum Gasteiger partial charge on any atom is 0.247 e. The first-order valence-electron chi connectivity index (χ1n) is 10.6. The molecule has 0 saturated carbocycles. The van der Waals surface area contributed by atoms with Gasteiger partial charge in [-0.3, -0.25) is 0 Å². The summed E-state index contributed by atoms with van der Waals surface area (Å²) >= 11 is 5.19. The predicted octanol–water partition coefficient (Wildman–Crippen LogP) is 6.50. The monoisotopic (exact) mass is 520 g/mol. The minimum absolute atomic E-state index is 0.441. The summed E-state index contributed by atoms with van der Waals surface area (Å²) in [6.45, 7) is 2.55. The molecule has 166 valence electrons. The highest BCUT2D eigenvalue weighted by Gasteiger charge is 2.27. The Hall–Kier alpha value is -3.10. The lowest BCUT2D eigenvalue weighted by Gasteiger charge is -2.21. The summed E-state index contributed by atoms with van der Waals surface area (Å²) in [6, 6.07) is 24.0. The number of rotatable bonds is 6. The number of fused-ring (bicyclic) bond motifs is 3. The molecular weight excluding hydrogens is 500 g/mol. The molecule has 0 radical (unpaired) electrons. The minimum atomic E-state index is -0.495. The van der Waals surface area contributed by atoms with Crippen LogP contribution >= 0.6 is 27.7 Å². The molecule has 0 aliphatic carbocycles. The molecule has 2 heterocycles. The highest BCUT2D eigenvalue weighted by molar-refractivity contribution is 9.10. The average Bonchev–Trinajstić information content (AvgIpc) is 3.01. The van der Waals surface area contributed by atoms with E-state index in [0.29, 0.717) is 23.3 Å². The van der Waals surface area contributed by atoms with Crippen molar-refractivity contribution in [3.05, 3.63) is 88.4 Å². The van der Waals surface area contributed by atoms with Gasteiger partial charge in [-0.05, 0) is 36.8 Å². The smallest absolute Gasteiger partial charge is 0.247 e. The Morgan fingerprint density at radius 1 is 1.03 bits per heavy atom. The number of para-hydroxylation sites is 1.